The van der Waals surface area contributed by atoms with Crippen LogP contribution in [0.4, 0.5) is 10.8 Å². The summed E-state index contributed by atoms with van der Waals surface area (Å²) in [6, 6.07) is 8.35. The summed E-state index contributed by atoms with van der Waals surface area (Å²) in [5, 5.41) is 24.1. The molecule has 1 amide bonds. The molecule has 2 N–H and O–H groups in total. The number of carbonyl (C=O) groups excluding carboxylic acids is 1. The maximum atomic E-state index is 12.5. The Bertz CT molecular complexity index is 858. The van der Waals surface area contributed by atoms with E-state index in [-0.39, 0.29) is 17.1 Å². The Hall–Kier alpha value is -2.11. The maximum Gasteiger partial charge on any atom is 0.234 e. The molecule has 8 heteroatoms. The lowest BCUT2D eigenvalue weighted by atomic mass is 9.90. The molecule has 0 aliphatic heterocycles. The van der Waals surface area contributed by atoms with Gasteiger partial charge in [-0.05, 0) is 45.2 Å². The van der Waals surface area contributed by atoms with Crippen LogP contribution >= 0.6 is 23.1 Å². The van der Waals surface area contributed by atoms with Gasteiger partial charge >= 0.3 is 0 Å². The number of carbonyl (C=O) groups is 1. The van der Waals surface area contributed by atoms with Gasteiger partial charge in [-0.25, -0.2) is 0 Å². The van der Waals surface area contributed by atoms with E-state index in [9.17, 15) is 10.1 Å². The Balaban J connectivity index is 2.00. The normalized spacial score (nSPS) is 14.3. The smallest absolute Gasteiger partial charge is 0.234 e. The lowest BCUT2D eigenvalue weighted by Gasteiger charge is -2.28. The van der Waals surface area contributed by atoms with Crippen LogP contribution in [-0.4, -0.2) is 26.9 Å². The molecule has 0 radical (unpaired) electrons. The average molecular weight is 404 g/mol. The predicted molar refractivity (Wildman–Crippen MR) is 111 cm³/mol. The van der Waals surface area contributed by atoms with Crippen LogP contribution in [0.2, 0.25) is 0 Å². The number of rotatable bonds is 7. The van der Waals surface area contributed by atoms with E-state index in [0.29, 0.717) is 9.47 Å². The van der Waals surface area contributed by atoms with Crippen molar-refractivity contribution in [1.82, 2.24) is 15.5 Å². The van der Waals surface area contributed by atoms with Crippen LogP contribution in [0.1, 0.15) is 38.8 Å². The molecule has 27 heavy (non-hydrogen) atoms. The molecular formula is C19H25N5OS2. The zero-order valence-electron chi connectivity index (χ0n) is 16.5. The molecule has 2 aromatic rings. The summed E-state index contributed by atoms with van der Waals surface area (Å²) in [4.78, 5) is 12.5. The second-order valence-corrected chi connectivity index (χ2v) is 9.60. The van der Waals surface area contributed by atoms with Gasteiger partial charge in [-0.2, -0.15) is 5.26 Å². The number of nitriles is 1. The first-order chi connectivity index (χ1) is 12.6. The third-order valence-electron chi connectivity index (χ3n) is 4.45. The SMILES string of the molecule is Cc1ccc(Nc2nnc(S[C@H](C)C(=O)N[C@](C)(C#N)C(C)C)s2)c(C)c1. The van der Waals surface area contributed by atoms with E-state index < -0.39 is 5.54 Å². The van der Waals surface area contributed by atoms with Crippen molar-refractivity contribution in [3.8, 4) is 6.07 Å². The number of thioether (sulfide) groups is 1. The Morgan fingerprint density at radius 1 is 1.30 bits per heavy atom. The van der Waals surface area contributed by atoms with Gasteiger partial charge in [-0.15, -0.1) is 10.2 Å². The number of amides is 1. The van der Waals surface area contributed by atoms with Gasteiger partial charge < -0.3 is 10.6 Å². The summed E-state index contributed by atoms with van der Waals surface area (Å²) in [5.41, 5.74) is 2.44. The van der Waals surface area contributed by atoms with Gasteiger partial charge in [0.15, 0.2) is 4.34 Å². The molecular weight excluding hydrogens is 378 g/mol. The van der Waals surface area contributed by atoms with Gasteiger partial charge in [0.2, 0.25) is 11.0 Å². The molecule has 1 aromatic heterocycles. The van der Waals surface area contributed by atoms with E-state index in [1.54, 1.807) is 13.8 Å². The van der Waals surface area contributed by atoms with Crippen molar-refractivity contribution in [2.75, 3.05) is 5.32 Å². The summed E-state index contributed by atoms with van der Waals surface area (Å²) in [5.74, 6) is -0.171. The van der Waals surface area contributed by atoms with Crippen LogP contribution < -0.4 is 10.6 Å². The monoisotopic (exact) mass is 403 g/mol. The lowest BCUT2D eigenvalue weighted by molar-refractivity contribution is -0.121. The van der Waals surface area contributed by atoms with Crippen molar-refractivity contribution < 1.29 is 4.79 Å². The van der Waals surface area contributed by atoms with Crippen LogP contribution in [-0.2, 0) is 4.79 Å². The van der Waals surface area contributed by atoms with Gasteiger partial charge in [0, 0.05) is 5.69 Å². The largest absolute Gasteiger partial charge is 0.337 e. The highest BCUT2D eigenvalue weighted by Crippen LogP contribution is 2.31. The van der Waals surface area contributed by atoms with E-state index in [1.165, 1.54) is 28.7 Å². The molecule has 0 aliphatic rings. The minimum atomic E-state index is -0.886. The molecule has 6 nitrogen and oxygen atoms in total. The van der Waals surface area contributed by atoms with E-state index in [2.05, 4.69) is 39.9 Å². The molecule has 0 spiro atoms. The number of anilines is 2. The van der Waals surface area contributed by atoms with Crippen molar-refractivity contribution in [3.63, 3.8) is 0 Å². The number of benzene rings is 1. The first-order valence-corrected chi connectivity index (χ1v) is 10.4. The predicted octanol–water partition coefficient (Wildman–Crippen LogP) is 4.43. The molecule has 144 valence electrons. The molecule has 2 atom stereocenters. The fourth-order valence-electron chi connectivity index (χ4n) is 2.24. The number of nitrogens with one attached hydrogen (secondary N) is 2. The quantitative estimate of drug-likeness (QED) is 0.665. The Morgan fingerprint density at radius 2 is 2.00 bits per heavy atom. The minimum absolute atomic E-state index is 0.0127. The van der Waals surface area contributed by atoms with E-state index >= 15 is 0 Å². The summed E-state index contributed by atoms with van der Waals surface area (Å²) < 4.78 is 0.702. The highest BCUT2D eigenvalue weighted by atomic mass is 32.2. The summed E-state index contributed by atoms with van der Waals surface area (Å²) in [6.45, 7) is 11.5. The van der Waals surface area contributed by atoms with Crippen molar-refractivity contribution in [2.24, 2.45) is 5.92 Å². The first kappa shape index (κ1) is 21.2. The van der Waals surface area contributed by atoms with Gasteiger partial charge in [0.25, 0.3) is 0 Å². The van der Waals surface area contributed by atoms with Gasteiger partial charge in [0.05, 0.1) is 11.3 Å². The Morgan fingerprint density at radius 3 is 2.59 bits per heavy atom. The third-order valence-corrected chi connectivity index (χ3v) is 6.47. The third kappa shape index (κ3) is 5.44. The van der Waals surface area contributed by atoms with Crippen molar-refractivity contribution in [1.29, 1.82) is 5.26 Å². The molecule has 0 bridgehead atoms. The summed E-state index contributed by atoms with van der Waals surface area (Å²) in [6.07, 6.45) is 0. The first-order valence-electron chi connectivity index (χ1n) is 8.72. The van der Waals surface area contributed by atoms with Crippen molar-refractivity contribution in [3.05, 3.63) is 29.3 Å². The molecule has 0 saturated heterocycles. The molecule has 0 aliphatic carbocycles. The lowest BCUT2D eigenvalue weighted by Crippen LogP contribution is -2.51. The second-order valence-electron chi connectivity index (χ2n) is 7.03. The Kier molecular flexibility index (Phi) is 6.84. The summed E-state index contributed by atoms with van der Waals surface area (Å²) >= 11 is 2.74. The molecule has 0 fully saturated rings. The summed E-state index contributed by atoms with van der Waals surface area (Å²) in [7, 11) is 0. The van der Waals surface area contributed by atoms with Gasteiger partial charge in [-0.3, -0.25) is 4.79 Å². The number of hydrogen-bond acceptors (Lipinski definition) is 7. The molecule has 2 rings (SSSR count). The highest BCUT2D eigenvalue weighted by molar-refractivity contribution is 8.02. The van der Waals surface area contributed by atoms with Crippen LogP contribution in [0.5, 0.6) is 0 Å². The molecule has 1 heterocycles. The fourth-order valence-corrected chi connectivity index (χ4v) is 4.15. The number of hydrogen-bond donors (Lipinski definition) is 2. The van der Waals surface area contributed by atoms with E-state index in [4.69, 9.17) is 0 Å². The van der Waals surface area contributed by atoms with Gasteiger partial charge in [0.1, 0.15) is 5.54 Å². The molecule has 1 aromatic carbocycles. The van der Waals surface area contributed by atoms with Crippen molar-refractivity contribution in [2.45, 2.75) is 56.7 Å². The topological polar surface area (TPSA) is 90.7 Å². The Labute approximate surface area is 168 Å². The highest BCUT2D eigenvalue weighted by Gasteiger charge is 2.32. The van der Waals surface area contributed by atoms with Crippen LogP contribution in [0.15, 0.2) is 22.5 Å². The standard InChI is InChI=1S/C19H25N5OS2/c1-11(2)19(6,10-20)22-16(25)14(5)26-18-24-23-17(27-18)21-15-8-7-12(3)9-13(15)4/h7-9,11,14H,1-6H3,(H,21,23)(H,22,25)/t14-,19-/m1/s1. The zero-order chi connectivity index (χ0) is 20.2. The van der Waals surface area contributed by atoms with E-state index in [1.807, 2.05) is 32.9 Å². The number of nitrogens with zero attached hydrogens (tertiary/aromatic N) is 3. The fraction of sp³-hybridized carbons (Fsp3) is 0.474. The molecule has 0 unspecified atom stereocenters. The molecule has 0 saturated carbocycles. The second kappa shape index (κ2) is 8.72. The van der Waals surface area contributed by atoms with Crippen LogP contribution in [0.25, 0.3) is 0 Å². The van der Waals surface area contributed by atoms with Crippen LogP contribution in [0, 0.1) is 31.1 Å². The minimum Gasteiger partial charge on any atom is -0.337 e. The average Bonchev–Trinajstić information content (AvgIpc) is 3.04. The van der Waals surface area contributed by atoms with Gasteiger partial charge in [-0.1, -0.05) is 54.6 Å². The van der Waals surface area contributed by atoms with E-state index in [0.717, 1.165) is 11.3 Å². The number of aromatic nitrogens is 2. The zero-order valence-corrected chi connectivity index (χ0v) is 18.1. The van der Waals surface area contributed by atoms with Crippen molar-refractivity contribution >= 4 is 39.8 Å². The van der Waals surface area contributed by atoms with Crippen LogP contribution in [0.3, 0.4) is 0 Å². The maximum absolute atomic E-state index is 12.5. The number of aryl methyl sites for hydroxylation is 2.